The van der Waals surface area contributed by atoms with Crippen molar-refractivity contribution in [2.45, 2.75) is 42.8 Å². The molecular weight excluding hydrogens is 441 g/mol. The van der Waals surface area contributed by atoms with Crippen LogP contribution in [0.3, 0.4) is 0 Å². The van der Waals surface area contributed by atoms with Gasteiger partial charge in [-0.1, -0.05) is 55.0 Å². The molecule has 0 saturated carbocycles. The molecule has 7 heteroatoms. The van der Waals surface area contributed by atoms with Gasteiger partial charge in [-0.2, -0.15) is 4.31 Å². The maximum Gasteiger partial charge on any atom is 0.306 e. The van der Waals surface area contributed by atoms with Gasteiger partial charge in [0.15, 0.2) is 11.5 Å². The zero-order chi connectivity index (χ0) is 22.6. The van der Waals surface area contributed by atoms with E-state index in [1.165, 1.54) is 10.4 Å². The first-order valence-electron chi connectivity index (χ1n) is 11.4. The van der Waals surface area contributed by atoms with E-state index in [9.17, 15) is 8.42 Å². The third-order valence-corrected chi connectivity index (χ3v) is 8.76. The summed E-state index contributed by atoms with van der Waals surface area (Å²) in [4.78, 5) is -0.362. The zero-order valence-corrected chi connectivity index (χ0v) is 18.9. The molecule has 6 rings (SSSR count). The lowest BCUT2D eigenvalue weighted by atomic mass is 9.93. The van der Waals surface area contributed by atoms with Gasteiger partial charge in [-0.05, 0) is 36.8 Å². The number of aryl methyl sites for hydroxylation is 2. The number of halogens is 1. The molecule has 0 atom stereocenters. The average Bonchev–Trinajstić information content (AvgIpc) is 3.16. The smallest absolute Gasteiger partial charge is 0.306 e. The van der Waals surface area contributed by atoms with Crippen LogP contribution in [0.4, 0.5) is 4.39 Å². The Morgan fingerprint density at radius 3 is 1.94 bits per heavy atom. The number of sulfonamides is 1. The van der Waals surface area contributed by atoms with Crippen LogP contribution in [0.15, 0.2) is 65.6 Å². The van der Waals surface area contributed by atoms with Gasteiger partial charge in [0.1, 0.15) is 10.7 Å². The number of hydrogen-bond donors (Lipinski definition) is 0. The first kappa shape index (κ1) is 20.7. The van der Waals surface area contributed by atoms with Gasteiger partial charge in [-0.3, -0.25) is 0 Å². The SMILES string of the molecule is O=S(=O)(c1cc2c(cc1F)OC1(O2)c2ccccc2CCc2ccccc21)N1CCCCC1. The van der Waals surface area contributed by atoms with Gasteiger partial charge < -0.3 is 9.47 Å². The number of hydrogen-bond acceptors (Lipinski definition) is 4. The second-order valence-corrected chi connectivity index (χ2v) is 10.7. The van der Waals surface area contributed by atoms with Crippen LogP contribution in [0.2, 0.25) is 0 Å². The summed E-state index contributed by atoms with van der Waals surface area (Å²) >= 11 is 0. The number of rotatable bonds is 2. The molecule has 5 nitrogen and oxygen atoms in total. The highest BCUT2D eigenvalue weighted by molar-refractivity contribution is 7.89. The predicted octanol–water partition coefficient (Wildman–Crippen LogP) is 4.77. The van der Waals surface area contributed by atoms with Crippen molar-refractivity contribution in [1.29, 1.82) is 0 Å². The molecule has 170 valence electrons. The Hall–Kier alpha value is -2.90. The molecule has 1 saturated heterocycles. The standard InChI is InChI=1S/C26H24FNO4S/c27-22-16-23-24(17-25(22)33(29,30)28-14-6-1-7-15-28)32-26(31-23)20-10-4-2-8-18(20)12-13-19-9-3-5-11-21(19)26/h2-5,8-11,16-17H,1,6-7,12-15H2. The lowest BCUT2D eigenvalue weighted by Gasteiger charge is -2.30. The van der Waals surface area contributed by atoms with Crippen molar-refractivity contribution in [3.8, 4) is 11.5 Å². The van der Waals surface area contributed by atoms with E-state index in [-0.39, 0.29) is 16.4 Å². The highest BCUT2D eigenvalue weighted by atomic mass is 32.2. The van der Waals surface area contributed by atoms with Crippen LogP contribution in [0.25, 0.3) is 0 Å². The quantitative estimate of drug-likeness (QED) is 0.547. The summed E-state index contributed by atoms with van der Waals surface area (Å²) in [5, 5.41) is 0. The van der Waals surface area contributed by atoms with Gasteiger partial charge in [0.2, 0.25) is 10.0 Å². The molecule has 0 unspecified atom stereocenters. The Morgan fingerprint density at radius 2 is 1.33 bits per heavy atom. The van der Waals surface area contributed by atoms with Crippen LogP contribution >= 0.6 is 0 Å². The van der Waals surface area contributed by atoms with Crippen LogP contribution < -0.4 is 9.47 Å². The molecule has 3 aliphatic rings. The summed E-state index contributed by atoms with van der Waals surface area (Å²) in [7, 11) is -3.96. The van der Waals surface area contributed by atoms with Gasteiger partial charge in [0.05, 0.1) is 0 Å². The minimum absolute atomic E-state index is 0.205. The number of benzene rings is 3. The molecule has 1 spiro atoms. The molecule has 0 aromatic heterocycles. The van der Waals surface area contributed by atoms with E-state index in [0.29, 0.717) is 13.1 Å². The summed E-state index contributed by atoms with van der Waals surface area (Å²) in [5.41, 5.74) is 3.88. The van der Waals surface area contributed by atoms with Crippen molar-refractivity contribution in [3.05, 3.63) is 88.7 Å². The number of piperidine rings is 1. The van der Waals surface area contributed by atoms with E-state index in [1.807, 2.05) is 48.5 Å². The van der Waals surface area contributed by atoms with E-state index in [4.69, 9.17) is 9.47 Å². The lowest BCUT2D eigenvalue weighted by molar-refractivity contribution is -0.0464. The fourth-order valence-electron chi connectivity index (χ4n) is 5.20. The van der Waals surface area contributed by atoms with Gasteiger partial charge in [0.25, 0.3) is 0 Å². The highest BCUT2D eigenvalue weighted by Gasteiger charge is 2.49. The summed E-state index contributed by atoms with van der Waals surface area (Å²) in [6, 6.07) is 18.3. The van der Waals surface area contributed by atoms with Crippen LogP contribution in [-0.2, 0) is 28.7 Å². The second kappa shape index (κ2) is 7.57. The van der Waals surface area contributed by atoms with Crippen molar-refractivity contribution < 1.29 is 22.3 Å². The molecule has 3 aromatic rings. The Morgan fingerprint density at radius 1 is 0.788 bits per heavy atom. The first-order valence-corrected chi connectivity index (χ1v) is 12.8. The molecule has 0 amide bonds. The van der Waals surface area contributed by atoms with Crippen molar-refractivity contribution in [2.24, 2.45) is 0 Å². The number of nitrogens with zero attached hydrogens (tertiary/aromatic N) is 1. The average molecular weight is 466 g/mol. The van der Waals surface area contributed by atoms with E-state index < -0.39 is 21.6 Å². The third kappa shape index (κ3) is 3.17. The largest absolute Gasteiger partial charge is 0.440 e. The maximum absolute atomic E-state index is 15.2. The van der Waals surface area contributed by atoms with Crippen molar-refractivity contribution in [3.63, 3.8) is 0 Å². The molecule has 1 fully saturated rings. The van der Waals surface area contributed by atoms with E-state index in [0.717, 1.165) is 60.4 Å². The molecular formula is C26H24FNO4S. The van der Waals surface area contributed by atoms with Crippen LogP contribution in [0, 0.1) is 5.82 Å². The second-order valence-electron chi connectivity index (χ2n) is 8.83. The number of fused-ring (bicyclic) bond motifs is 5. The van der Waals surface area contributed by atoms with E-state index >= 15 is 4.39 Å². The van der Waals surface area contributed by atoms with Crippen molar-refractivity contribution in [1.82, 2.24) is 4.31 Å². The van der Waals surface area contributed by atoms with Crippen molar-refractivity contribution in [2.75, 3.05) is 13.1 Å². The fourth-order valence-corrected chi connectivity index (χ4v) is 6.78. The van der Waals surface area contributed by atoms with Crippen LogP contribution in [0.1, 0.15) is 41.5 Å². The van der Waals surface area contributed by atoms with Gasteiger partial charge in [0, 0.05) is 36.3 Å². The Kier molecular flexibility index (Phi) is 4.74. The predicted molar refractivity (Wildman–Crippen MR) is 121 cm³/mol. The Labute approximate surface area is 192 Å². The fraction of sp³-hybridized carbons (Fsp3) is 0.308. The van der Waals surface area contributed by atoms with Crippen molar-refractivity contribution >= 4 is 10.0 Å². The topological polar surface area (TPSA) is 55.8 Å². The minimum atomic E-state index is -3.96. The maximum atomic E-state index is 15.2. The normalized spacial score (nSPS) is 19.1. The highest BCUT2D eigenvalue weighted by Crippen LogP contribution is 2.51. The molecule has 2 heterocycles. The zero-order valence-electron chi connectivity index (χ0n) is 18.1. The molecule has 0 radical (unpaired) electrons. The summed E-state index contributed by atoms with van der Waals surface area (Å²) in [5.74, 6) is -1.67. The van der Waals surface area contributed by atoms with Gasteiger partial charge in [-0.15, -0.1) is 0 Å². The van der Waals surface area contributed by atoms with Crippen LogP contribution in [0.5, 0.6) is 11.5 Å². The van der Waals surface area contributed by atoms with Crippen LogP contribution in [-0.4, -0.2) is 25.8 Å². The van der Waals surface area contributed by atoms with E-state index in [2.05, 4.69) is 0 Å². The Bertz CT molecular complexity index is 1300. The molecule has 0 bridgehead atoms. The summed E-state index contributed by atoms with van der Waals surface area (Å²) < 4.78 is 55.8. The monoisotopic (exact) mass is 465 g/mol. The molecule has 3 aromatic carbocycles. The molecule has 0 N–H and O–H groups in total. The van der Waals surface area contributed by atoms with Gasteiger partial charge in [-0.25, -0.2) is 12.8 Å². The minimum Gasteiger partial charge on any atom is -0.440 e. The lowest BCUT2D eigenvalue weighted by Crippen LogP contribution is -2.37. The van der Waals surface area contributed by atoms with Gasteiger partial charge >= 0.3 is 5.79 Å². The third-order valence-electron chi connectivity index (χ3n) is 6.85. The summed E-state index contributed by atoms with van der Waals surface area (Å²) in [6.45, 7) is 0.807. The molecule has 2 aliphatic heterocycles. The van der Waals surface area contributed by atoms with E-state index in [1.54, 1.807) is 0 Å². The summed E-state index contributed by atoms with van der Waals surface area (Å²) in [6.07, 6.45) is 4.18. The molecule has 33 heavy (non-hydrogen) atoms. The first-order chi connectivity index (χ1) is 16.0. The Balaban J connectivity index is 1.49. The molecule has 1 aliphatic carbocycles. The number of ether oxygens (including phenoxy) is 2.